The molecule has 0 aliphatic carbocycles. The highest BCUT2D eigenvalue weighted by atomic mass is 79.9. The maximum absolute atomic E-state index is 13.8. The summed E-state index contributed by atoms with van der Waals surface area (Å²) in [6, 6.07) is 3.22. The van der Waals surface area contributed by atoms with E-state index in [1.807, 2.05) is 0 Å². The molecule has 0 aromatic heterocycles. The lowest BCUT2D eigenvalue weighted by atomic mass is 10.1. The van der Waals surface area contributed by atoms with Crippen LogP contribution in [0.15, 0.2) is 22.7 Å². The zero-order valence-electron chi connectivity index (χ0n) is 10.8. The minimum atomic E-state index is -1.03. The van der Waals surface area contributed by atoms with Crippen LogP contribution in [-0.2, 0) is 4.79 Å². The lowest BCUT2D eigenvalue weighted by Gasteiger charge is -2.27. The molecule has 1 atom stereocenters. The van der Waals surface area contributed by atoms with Gasteiger partial charge in [0.1, 0.15) is 11.9 Å². The zero-order valence-corrected chi connectivity index (χ0v) is 12.4. The third-order valence-corrected chi connectivity index (χ3v) is 3.95. The Labute approximate surface area is 124 Å². The third-order valence-electron chi connectivity index (χ3n) is 3.46. The highest BCUT2D eigenvalue weighted by molar-refractivity contribution is 9.10. The molecule has 0 radical (unpaired) electrons. The van der Waals surface area contributed by atoms with Crippen molar-refractivity contribution in [3.63, 3.8) is 0 Å². The van der Waals surface area contributed by atoms with Crippen molar-refractivity contribution in [2.75, 3.05) is 6.54 Å². The number of hydrogen-bond acceptors (Lipinski definition) is 2. The molecule has 20 heavy (non-hydrogen) atoms. The lowest BCUT2D eigenvalue weighted by molar-refractivity contribution is -0.142. The van der Waals surface area contributed by atoms with E-state index in [0.717, 1.165) is 19.3 Å². The number of carbonyl (C=O) groups excluding carboxylic acids is 1. The molecular weight excluding hydrogens is 329 g/mol. The van der Waals surface area contributed by atoms with E-state index >= 15 is 0 Å². The van der Waals surface area contributed by atoms with E-state index in [4.69, 9.17) is 0 Å². The Balaban J connectivity index is 2.33. The second-order valence-electron chi connectivity index (χ2n) is 4.83. The smallest absolute Gasteiger partial charge is 0.326 e. The second-order valence-corrected chi connectivity index (χ2v) is 5.74. The van der Waals surface area contributed by atoms with Crippen LogP contribution in [0.25, 0.3) is 0 Å². The van der Waals surface area contributed by atoms with Gasteiger partial charge in [-0.25, -0.2) is 9.18 Å². The largest absolute Gasteiger partial charge is 0.480 e. The van der Waals surface area contributed by atoms with Crippen LogP contribution in [0, 0.1) is 5.82 Å². The molecule has 1 aliphatic rings. The first-order chi connectivity index (χ1) is 9.50. The van der Waals surface area contributed by atoms with Crippen molar-refractivity contribution in [3.05, 3.63) is 34.1 Å². The van der Waals surface area contributed by atoms with Crippen LogP contribution in [-0.4, -0.2) is 34.5 Å². The molecule has 0 spiro atoms. The van der Waals surface area contributed by atoms with Crippen LogP contribution < -0.4 is 0 Å². The van der Waals surface area contributed by atoms with E-state index in [1.54, 1.807) is 0 Å². The van der Waals surface area contributed by atoms with E-state index in [2.05, 4.69) is 15.9 Å². The van der Waals surface area contributed by atoms with Gasteiger partial charge in [0.25, 0.3) is 5.91 Å². The molecule has 6 heteroatoms. The molecule has 2 rings (SSSR count). The molecule has 1 fully saturated rings. The van der Waals surface area contributed by atoms with E-state index in [9.17, 15) is 19.1 Å². The molecule has 1 aromatic rings. The number of hydrogen-bond donors (Lipinski definition) is 1. The Bertz CT molecular complexity index is 535. The summed E-state index contributed by atoms with van der Waals surface area (Å²) < 4.78 is 14.4. The van der Waals surface area contributed by atoms with Crippen molar-refractivity contribution in [3.8, 4) is 0 Å². The highest BCUT2D eigenvalue weighted by Gasteiger charge is 2.32. The van der Waals surface area contributed by atoms with Gasteiger partial charge in [-0.15, -0.1) is 0 Å². The zero-order chi connectivity index (χ0) is 14.7. The van der Waals surface area contributed by atoms with Crippen molar-refractivity contribution in [1.29, 1.82) is 0 Å². The van der Waals surface area contributed by atoms with Crippen molar-refractivity contribution in [2.45, 2.75) is 31.7 Å². The number of benzene rings is 1. The van der Waals surface area contributed by atoms with Gasteiger partial charge in [0.05, 0.1) is 5.56 Å². The average molecular weight is 344 g/mol. The van der Waals surface area contributed by atoms with Crippen LogP contribution in [0.3, 0.4) is 0 Å². The molecule has 1 aromatic carbocycles. The maximum atomic E-state index is 13.8. The van der Waals surface area contributed by atoms with Crippen molar-refractivity contribution in [1.82, 2.24) is 4.90 Å². The standard InChI is InChI=1S/C14H15BrFNO3/c15-9-5-6-11(16)10(8-9)13(18)17-7-3-1-2-4-12(17)14(19)20/h5-6,8,12H,1-4,7H2,(H,19,20). The van der Waals surface area contributed by atoms with Gasteiger partial charge in [-0.3, -0.25) is 4.79 Å². The molecule has 1 saturated heterocycles. The SMILES string of the molecule is O=C(O)C1CCCCCN1C(=O)c1cc(Br)ccc1F. The quantitative estimate of drug-likeness (QED) is 0.897. The van der Waals surface area contributed by atoms with Gasteiger partial charge in [-0.2, -0.15) is 0 Å². The fourth-order valence-electron chi connectivity index (χ4n) is 2.42. The van der Waals surface area contributed by atoms with Crippen LogP contribution in [0.1, 0.15) is 36.0 Å². The van der Waals surface area contributed by atoms with E-state index in [1.165, 1.54) is 23.1 Å². The number of carbonyl (C=O) groups is 2. The summed E-state index contributed by atoms with van der Waals surface area (Å²) in [5, 5.41) is 9.26. The molecule has 1 heterocycles. The van der Waals surface area contributed by atoms with E-state index in [-0.39, 0.29) is 5.56 Å². The first-order valence-corrected chi connectivity index (χ1v) is 7.29. The summed E-state index contributed by atoms with van der Waals surface area (Å²) >= 11 is 3.19. The van der Waals surface area contributed by atoms with Gasteiger partial charge in [0.15, 0.2) is 0 Å². The first kappa shape index (κ1) is 15.0. The predicted molar refractivity (Wildman–Crippen MR) is 75.0 cm³/mol. The fraction of sp³-hybridized carbons (Fsp3) is 0.429. The number of carboxylic acids is 1. The molecule has 1 N–H and O–H groups in total. The summed E-state index contributed by atoms with van der Waals surface area (Å²) in [6.45, 7) is 0.349. The van der Waals surface area contributed by atoms with Crippen molar-refractivity contribution >= 4 is 27.8 Å². The highest BCUT2D eigenvalue weighted by Crippen LogP contribution is 2.22. The summed E-state index contributed by atoms with van der Waals surface area (Å²) in [5.41, 5.74) is -0.0903. The van der Waals surface area contributed by atoms with Crippen LogP contribution in [0.5, 0.6) is 0 Å². The number of halogens is 2. The number of amides is 1. The van der Waals surface area contributed by atoms with E-state index < -0.39 is 23.7 Å². The van der Waals surface area contributed by atoms with Gasteiger partial charge in [-0.05, 0) is 31.0 Å². The minimum Gasteiger partial charge on any atom is -0.480 e. The molecule has 0 saturated carbocycles. The molecule has 1 aliphatic heterocycles. The molecule has 4 nitrogen and oxygen atoms in total. The molecule has 108 valence electrons. The van der Waals surface area contributed by atoms with Crippen molar-refractivity contribution < 1.29 is 19.1 Å². The number of likely N-dealkylation sites (tertiary alicyclic amines) is 1. The average Bonchev–Trinajstić information content (AvgIpc) is 2.66. The van der Waals surface area contributed by atoms with Gasteiger partial charge >= 0.3 is 5.97 Å². The van der Waals surface area contributed by atoms with Gasteiger partial charge in [0.2, 0.25) is 0 Å². The summed E-state index contributed by atoms with van der Waals surface area (Å²) in [7, 11) is 0. The number of rotatable bonds is 2. The Morgan fingerprint density at radius 1 is 1.30 bits per heavy atom. The summed E-state index contributed by atoms with van der Waals surface area (Å²) in [4.78, 5) is 25.0. The minimum absolute atomic E-state index is 0.0903. The normalized spacial score (nSPS) is 19.5. The molecule has 1 amide bonds. The summed E-state index contributed by atoms with van der Waals surface area (Å²) in [6.07, 6.45) is 2.80. The van der Waals surface area contributed by atoms with Gasteiger partial charge < -0.3 is 10.0 Å². The Kier molecular flexibility index (Phi) is 4.75. The van der Waals surface area contributed by atoms with Crippen molar-refractivity contribution in [2.24, 2.45) is 0 Å². The Hall–Kier alpha value is -1.43. The second kappa shape index (κ2) is 6.35. The number of aliphatic carboxylic acids is 1. The fourth-order valence-corrected chi connectivity index (χ4v) is 2.79. The molecular formula is C14H15BrFNO3. The lowest BCUT2D eigenvalue weighted by Crippen LogP contribution is -2.44. The third kappa shape index (κ3) is 3.17. The number of nitrogens with zero attached hydrogens (tertiary/aromatic N) is 1. The van der Waals surface area contributed by atoms with Crippen LogP contribution in [0.4, 0.5) is 4.39 Å². The van der Waals surface area contributed by atoms with E-state index in [0.29, 0.717) is 17.4 Å². The predicted octanol–water partition coefficient (Wildman–Crippen LogP) is 3.06. The van der Waals surface area contributed by atoms with Crippen LogP contribution >= 0.6 is 15.9 Å². The molecule has 0 bridgehead atoms. The summed E-state index contributed by atoms with van der Waals surface area (Å²) in [5.74, 6) is -2.22. The molecule has 1 unspecified atom stereocenters. The maximum Gasteiger partial charge on any atom is 0.326 e. The number of carboxylic acid groups (broad SMARTS) is 1. The van der Waals surface area contributed by atoms with Gasteiger partial charge in [-0.1, -0.05) is 28.8 Å². The monoisotopic (exact) mass is 343 g/mol. The van der Waals surface area contributed by atoms with Gasteiger partial charge in [0, 0.05) is 11.0 Å². The van der Waals surface area contributed by atoms with Crippen LogP contribution in [0.2, 0.25) is 0 Å². The first-order valence-electron chi connectivity index (χ1n) is 6.49. The topological polar surface area (TPSA) is 57.6 Å². The Morgan fingerprint density at radius 3 is 2.75 bits per heavy atom. The Morgan fingerprint density at radius 2 is 2.05 bits per heavy atom.